The second kappa shape index (κ2) is 14.6. The molecule has 3 aliphatic rings. The summed E-state index contributed by atoms with van der Waals surface area (Å²) >= 11 is 0. The molecule has 0 radical (unpaired) electrons. The molecule has 2 saturated heterocycles. The summed E-state index contributed by atoms with van der Waals surface area (Å²) < 4.78 is 56.3. The third-order valence-electron chi connectivity index (χ3n) is 9.28. The summed E-state index contributed by atoms with van der Waals surface area (Å²) in [4.78, 5) is 28.9. The average Bonchev–Trinajstić information content (AvgIpc) is 3.93. The van der Waals surface area contributed by atoms with Crippen molar-refractivity contribution in [1.29, 1.82) is 0 Å². The van der Waals surface area contributed by atoms with E-state index in [-0.39, 0.29) is 48.1 Å². The Balaban J connectivity index is 1.36. The smallest absolute Gasteiger partial charge is 0.422 e. The molecule has 252 valence electrons. The Bertz CT molecular complexity index is 1450. The van der Waals surface area contributed by atoms with Crippen LogP contribution in [0.2, 0.25) is 0 Å². The molecule has 0 spiro atoms. The summed E-state index contributed by atoms with van der Waals surface area (Å²) in [5.41, 5.74) is 2.74. The van der Waals surface area contributed by atoms with E-state index in [1.54, 1.807) is 7.11 Å². The van der Waals surface area contributed by atoms with Gasteiger partial charge in [-0.25, -0.2) is 0 Å². The fraction of sp³-hybridized carbons (Fsp3) is 0.514. The summed E-state index contributed by atoms with van der Waals surface area (Å²) in [6.07, 6.45) is -2.45. The lowest BCUT2D eigenvalue weighted by molar-refractivity contribution is -0.154. The van der Waals surface area contributed by atoms with Crippen molar-refractivity contribution in [1.82, 2.24) is 24.7 Å². The third kappa shape index (κ3) is 8.05. The highest BCUT2D eigenvalue weighted by atomic mass is 19.4. The zero-order valence-corrected chi connectivity index (χ0v) is 26.9. The number of hydrogen-bond donors (Lipinski definition) is 0. The molecule has 0 bridgehead atoms. The van der Waals surface area contributed by atoms with Crippen LogP contribution in [0.1, 0.15) is 53.6 Å². The molecule has 3 aromatic rings. The maximum absolute atomic E-state index is 13.4. The first-order valence-electron chi connectivity index (χ1n) is 16.2. The highest BCUT2D eigenvalue weighted by Gasteiger charge is 2.43. The highest BCUT2D eigenvalue weighted by molar-refractivity contribution is 5.76. The minimum Gasteiger partial charge on any atom is -0.481 e. The van der Waals surface area contributed by atoms with Crippen molar-refractivity contribution < 1.29 is 32.2 Å². The van der Waals surface area contributed by atoms with Gasteiger partial charge in [-0.2, -0.15) is 23.1 Å². The van der Waals surface area contributed by atoms with Crippen LogP contribution in [0.15, 0.2) is 60.7 Å². The number of nitrogens with zero attached hydrogens (tertiary/aromatic N) is 5. The number of aromatic nitrogens is 2. The van der Waals surface area contributed by atoms with Crippen LogP contribution in [0.5, 0.6) is 11.8 Å². The van der Waals surface area contributed by atoms with E-state index in [1.165, 1.54) is 18.2 Å². The Morgan fingerprint density at radius 2 is 1.57 bits per heavy atom. The molecular weight excluding hydrogens is 611 g/mol. The third-order valence-corrected chi connectivity index (χ3v) is 9.28. The van der Waals surface area contributed by atoms with Crippen molar-refractivity contribution in [3.63, 3.8) is 0 Å². The Morgan fingerprint density at radius 1 is 0.915 bits per heavy atom. The van der Waals surface area contributed by atoms with Crippen molar-refractivity contribution in [2.45, 2.75) is 55.9 Å². The van der Waals surface area contributed by atoms with E-state index in [4.69, 9.17) is 14.2 Å². The summed E-state index contributed by atoms with van der Waals surface area (Å²) in [6, 6.07) is 20.8. The molecule has 1 saturated carbocycles. The van der Waals surface area contributed by atoms with Gasteiger partial charge in [0.2, 0.25) is 17.7 Å². The normalized spacial score (nSPS) is 20.7. The molecule has 1 amide bonds. The summed E-state index contributed by atoms with van der Waals surface area (Å²) in [5, 5.41) is 0. The molecule has 9 nitrogen and oxygen atoms in total. The number of methoxy groups -OCH3 is 2. The van der Waals surface area contributed by atoms with E-state index in [0.717, 1.165) is 12.8 Å². The molecular formula is C35H42F3N5O4. The van der Waals surface area contributed by atoms with Crippen LogP contribution in [0.3, 0.4) is 0 Å². The molecule has 12 heteroatoms. The number of amides is 1. The molecule has 3 heterocycles. The lowest BCUT2D eigenvalue weighted by Gasteiger charge is -2.53. The fourth-order valence-corrected chi connectivity index (χ4v) is 6.95. The molecule has 1 aliphatic carbocycles. The van der Waals surface area contributed by atoms with Gasteiger partial charge in [-0.05, 0) is 24.0 Å². The number of fused-ring (bicyclic) bond motifs is 1. The summed E-state index contributed by atoms with van der Waals surface area (Å²) in [5.74, 6) is 0.765. The molecule has 3 fully saturated rings. The van der Waals surface area contributed by atoms with E-state index in [2.05, 4.69) is 44.0 Å². The van der Waals surface area contributed by atoms with Crippen molar-refractivity contribution in [2.24, 2.45) is 0 Å². The number of alkyl halides is 3. The lowest BCUT2D eigenvalue weighted by atomic mass is 9.81. The Hall–Kier alpha value is -3.74. The molecule has 1 aromatic heterocycles. The first-order chi connectivity index (χ1) is 22.7. The summed E-state index contributed by atoms with van der Waals surface area (Å²) in [6.45, 7) is 2.22. The summed E-state index contributed by atoms with van der Waals surface area (Å²) in [7, 11) is 3.06. The topological polar surface area (TPSA) is 80.3 Å². The molecule has 2 aliphatic heterocycles. The van der Waals surface area contributed by atoms with Gasteiger partial charge in [0.15, 0.2) is 6.61 Å². The van der Waals surface area contributed by atoms with Gasteiger partial charge in [0.1, 0.15) is 5.82 Å². The van der Waals surface area contributed by atoms with Gasteiger partial charge in [0, 0.05) is 70.3 Å². The number of hydrogen-bond acceptors (Lipinski definition) is 8. The van der Waals surface area contributed by atoms with E-state index in [1.807, 2.05) is 41.3 Å². The molecule has 0 N–H and O–H groups in total. The quantitative estimate of drug-likeness (QED) is 0.274. The van der Waals surface area contributed by atoms with Gasteiger partial charge in [0.25, 0.3) is 0 Å². The van der Waals surface area contributed by atoms with Crippen LogP contribution in [0, 0.1) is 0 Å². The van der Waals surface area contributed by atoms with E-state index < -0.39 is 12.8 Å². The lowest BCUT2D eigenvalue weighted by Crippen LogP contribution is -2.67. The molecule has 2 unspecified atom stereocenters. The molecule has 2 atom stereocenters. The van der Waals surface area contributed by atoms with Gasteiger partial charge in [-0.1, -0.05) is 60.7 Å². The van der Waals surface area contributed by atoms with Crippen LogP contribution >= 0.6 is 0 Å². The Kier molecular flexibility index (Phi) is 10.3. The predicted molar refractivity (Wildman–Crippen MR) is 169 cm³/mol. The van der Waals surface area contributed by atoms with Crippen molar-refractivity contribution >= 4 is 5.91 Å². The molecule has 47 heavy (non-hydrogen) atoms. The zero-order chi connectivity index (χ0) is 33.0. The van der Waals surface area contributed by atoms with Crippen LogP contribution in [0.25, 0.3) is 0 Å². The van der Waals surface area contributed by atoms with E-state index in [0.29, 0.717) is 57.1 Å². The predicted octanol–water partition coefficient (Wildman–Crippen LogP) is 4.87. The standard InChI is InChI=1S/C35H42F3N5O4/c1-45-18-15-30(44)42-16-17-43-27(20-42)19-41(22-29(43)31(24-9-5-3-6-10-24)25-11-7-4-8-12-25)21-28-33(46-2)39-32(26-13-14-26)40-34(28)47-23-35(36,37)38/h3-12,26-27,29,31H,13-23H2,1-2H3. The maximum atomic E-state index is 13.4. The van der Waals surface area contributed by atoms with Crippen molar-refractivity contribution in [3.05, 3.63) is 83.2 Å². The van der Waals surface area contributed by atoms with Gasteiger partial charge in [-0.3, -0.25) is 14.6 Å². The largest absolute Gasteiger partial charge is 0.481 e. The van der Waals surface area contributed by atoms with Gasteiger partial charge in [0.05, 0.1) is 25.7 Å². The van der Waals surface area contributed by atoms with Crippen LogP contribution in [0.4, 0.5) is 13.2 Å². The number of piperazine rings is 2. The SMILES string of the molecule is COCCC(=O)N1CCN2C(CN(Cc3c(OC)nc(C4CC4)nc3OCC(F)(F)F)CC2C(c2ccccc2)c2ccccc2)C1. The number of ether oxygens (including phenoxy) is 3. The fourth-order valence-electron chi connectivity index (χ4n) is 6.95. The minimum atomic E-state index is -4.52. The van der Waals surface area contributed by atoms with Crippen molar-refractivity contribution in [3.8, 4) is 11.8 Å². The number of benzene rings is 2. The van der Waals surface area contributed by atoms with Crippen LogP contribution < -0.4 is 9.47 Å². The maximum Gasteiger partial charge on any atom is 0.422 e. The average molecular weight is 654 g/mol. The van der Waals surface area contributed by atoms with Gasteiger partial charge in [-0.15, -0.1) is 0 Å². The van der Waals surface area contributed by atoms with E-state index >= 15 is 0 Å². The van der Waals surface area contributed by atoms with Crippen LogP contribution in [-0.2, 0) is 16.1 Å². The Labute approximate surface area is 273 Å². The Morgan fingerprint density at radius 3 is 2.17 bits per heavy atom. The first-order valence-corrected chi connectivity index (χ1v) is 16.2. The molecule has 6 rings (SSSR count). The number of rotatable bonds is 12. The van der Waals surface area contributed by atoms with Gasteiger partial charge >= 0.3 is 6.18 Å². The van der Waals surface area contributed by atoms with Crippen LogP contribution in [-0.4, -0.2) is 109 Å². The zero-order valence-electron chi connectivity index (χ0n) is 26.9. The number of halogens is 3. The van der Waals surface area contributed by atoms with Crippen molar-refractivity contribution in [2.75, 3.05) is 60.2 Å². The number of carbonyl (C=O) groups is 1. The second-order valence-corrected chi connectivity index (χ2v) is 12.6. The highest BCUT2D eigenvalue weighted by Crippen LogP contribution is 2.42. The second-order valence-electron chi connectivity index (χ2n) is 12.6. The van der Waals surface area contributed by atoms with E-state index in [9.17, 15) is 18.0 Å². The molecule has 2 aromatic carbocycles. The number of carbonyl (C=O) groups excluding carboxylic acids is 1. The minimum absolute atomic E-state index is 0.00645. The van der Waals surface area contributed by atoms with Gasteiger partial charge < -0.3 is 19.1 Å². The monoisotopic (exact) mass is 653 g/mol. The first kappa shape index (κ1) is 33.2.